The van der Waals surface area contributed by atoms with E-state index in [2.05, 4.69) is 5.32 Å². The first-order chi connectivity index (χ1) is 8.02. The molecule has 0 saturated heterocycles. The molecule has 6 heteroatoms. The summed E-state index contributed by atoms with van der Waals surface area (Å²) < 4.78 is 0. The van der Waals surface area contributed by atoms with Gasteiger partial charge >= 0.3 is 5.97 Å². The SMILES string of the molecule is O=C(O)CCCNCc1c(Cl)ccc(Cl)c1Cl. The zero-order chi connectivity index (χ0) is 12.8. The maximum atomic E-state index is 10.3. The Hall–Kier alpha value is -0.480. The molecule has 0 unspecified atom stereocenters. The minimum Gasteiger partial charge on any atom is -0.481 e. The molecule has 0 spiro atoms. The van der Waals surface area contributed by atoms with E-state index >= 15 is 0 Å². The van der Waals surface area contributed by atoms with Gasteiger partial charge in [-0.05, 0) is 25.1 Å². The lowest BCUT2D eigenvalue weighted by molar-refractivity contribution is -0.137. The molecule has 1 aromatic carbocycles. The normalized spacial score (nSPS) is 10.5. The molecule has 0 aliphatic rings. The Morgan fingerprint density at radius 1 is 1.24 bits per heavy atom. The Morgan fingerprint density at radius 3 is 2.53 bits per heavy atom. The summed E-state index contributed by atoms with van der Waals surface area (Å²) in [7, 11) is 0. The molecule has 0 aliphatic heterocycles. The molecular weight excluding hydrogens is 284 g/mol. The van der Waals surface area contributed by atoms with Crippen molar-refractivity contribution in [1.29, 1.82) is 0 Å². The second kappa shape index (κ2) is 7.07. The molecule has 0 fully saturated rings. The van der Waals surface area contributed by atoms with E-state index in [0.29, 0.717) is 34.6 Å². The van der Waals surface area contributed by atoms with Crippen LogP contribution in [-0.4, -0.2) is 17.6 Å². The van der Waals surface area contributed by atoms with E-state index in [0.717, 1.165) is 5.56 Å². The monoisotopic (exact) mass is 295 g/mol. The van der Waals surface area contributed by atoms with Crippen LogP contribution in [0.4, 0.5) is 0 Å². The smallest absolute Gasteiger partial charge is 0.303 e. The van der Waals surface area contributed by atoms with E-state index in [-0.39, 0.29) is 6.42 Å². The number of halogens is 3. The Balaban J connectivity index is 2.46. The second-order valence-electron chi connectivity index (χ2n) is 3.50. The van der Waals surface area contributed by atoms with Gasteiger partial charge in [0.25, 0.3) is 0 Å². The van der Waals surface area contributed by atoms with Gasteiger partial charge in [0.15, 0.2) is 0 Å². The van der Waals surface area contributed by atoms with Crippen molar-refractivity contribution in [1.82, 2.24) is 5.32 Å². The largest absolute Gasteiger partial charge is 0.481 e. The van der Waals surface area contributed by atoms with E-state index in [4.69, 9.17) is 39.9 Å². The van der Waals surface area contributed by atoms with Crippen LogP contribution >= 0.6 is 34.8 Å². The molecule has 3 nitrogen and oxygen atoms in total. The van der Waals surface area contributed by atoms with Crippen molar-refractivity contribution in [3.63, 3.8) is 0 Å². The number of carboxylic acids is 1. The van der Waals surface area contributed by atoms with Gasteiger partial charge in [0, 0.05) is 23.6 Å². The zero-order valence-electron chi connectivity index (χ0n) is 8.97. The molecule has 1 rings (SSSR count). The van der Waals surface area contributed by atoms with Gasteiger partial charge in [-0.15, -0.1) is 0 Å². The summed E-state index contributed by atoms with van der Waals surface area (Å²) >= 11 is 17.9. The zero-order valence-corrected chi connectivity index (χ0v) is 11.2. The van der Waals surface area contributed by atoms with Crippen LogP contribution in [-0.2, 0) is 11.3 Å². The summed E-state index contributed by atoms with van der Waals surface area (Å²) in [6, 6.07) is 3.32. The number of rotatable bonds is 6. The molecule has 0 radical (unpaired) electrons. The van der Waals surface area contributed by atoms with Crippen molar-refractivity contribution >= 4 is 40.8 Å². The van der Waals surface area contributed by atoms with Gasteiger partial charge in [0.05, 0.1) is 10.0 Å². The average Bonchev–Trinajstić information content (AvgIpc) is 2.27. The third kappa shape index (κ3) is 4.72. The van der Waals surface area contributed by atoms with E-state index in [1.165, 1.54) is 0 Å². The van der Waals surface area contributed by atoms with Crippen LogP contribution in [0.2, 0.25) is 15.1 Å². The minimum atomic E-state index is -0.800. The van der Waals surface area contributed by atoms with Crippen LogP contribution in [0.3, 0.4) is 0 Å². The predicted octanol–water partition coefficient (Wildman–Crippen LogP) is 3.60. The molecule has 94 valence electrons. The van der Waals surface area contributed by atoms with E-state index < -0.39 is 5.97 Å². The molecule has 0 aromatic heterocycles. The summed E-state index contributed by atoms with van der Waals surface area (Å²) in [5.74, 6) is -0.800. The van der Waals surface area contributed by atoms with Crippen molar-refractivity contribution < 1.29 is 9.90 Å². The molecule has 1 aromatic rings. The molecule has 17 heavy (non-hydrogen) atoms. The van der Waals surface area contributed by atoms with Crippen molar-refractivity contribution in [2.24, 2.45) is 0 Å². The Morgan fingerprint density at radius 2 is 1.88 bits per heavy atom. The number of carboxylic acid groups (broad SMARTS) is 1. The highest BCUT2D eigenvalue weighted by molar-refractivity contribution is 6.44. The van der Waals surface area contributed by atoms with Crippen LogP contribution in [0.25, 0.3) is 0 Å². The maximum Gasteiger partial charge on any atom is 0.303 e. The van der Waals surface area contributed by atoms with E-state index in [1.807, 2.05) is 0 Å². The average molecular weight is 297 g/mol. The maximum absolute atomic E-state index is 10.3. The Labute approximate surface area is 115 Å². The first-order valence-electron chi connectivity index (χ1n) is 5.07. The van der Waals surface area contributed by atoms with Gasteiger partial charge in [-0.2, -0.15) is 0 Å². The van der Waals surface area contributed by atoms with Crippen LogP contribution < -0.4 is 5.32 Å². The van der Waals surface area contributed by atoms with Gasteiger partial charge in [-0.1, -0.05) is 34.8 Å². The van der Waals surface area contributed by atoms with Gasteiger partial charge in [-0.25, -0.2) is 0 Å². The number of benzene rings is 1. The third-order valence-electron chi connectivity index (χ3n) is 2.18. The summed E-state index contributed by atoms with van der Waals surface area (Å²) in [6.45, 7) is 1.06. The highest BCUT2D eigenvalue weighted by Gasteiger charge is 2.08. The van der Waals surface area contributed by atoms with Gasteiger partial charge < -0.3 is 10.4 Å². The third-order valence-corrected chi connectivity index (χ3v) is 3.38. The van der Waals surface area contributed by atoms with Crippen molar-refractivity contribution in [2.45, 2.75) is 19.4 Å². The Kier molecular flexibility index (Phi) is 6.06. The molecule has 0 saturated carbocycles. The summed E-state index contributed by atoms with van der Waals surface area (Å²) in [5, 5.41) is 13.0. The van der Waals surface area contributed by atoms with E-state index in [9.17, 15) is 4.79 Å². The first-order valence-corrected chi connectivity index (χ1v) is 6.20. The van der Waals surface area contributed by atoms with Crippen molar-refractivity contribution in [3.8, 4) is 0 Å². The van der Waals surface area contributed by atoms with Crippen molar-refractivity contribution in [2.75, 3.05) is 6.54 Å². The van der Waals surface area contributed by atoms with Gasteiger partial charge in [-0.3, -0.25) is 4.79 Å². The highest BCUT2D eigenvalue weighted by atomic mass is 35.5. The van der Waals surface area contributed by atoms with E-state index in [1.54, 1.807) is 12.1 Å². The molecule has 0 aliphatic carbocycles. The second-order valence-corrected chi connectivity index (χ2v) is 4.69. The first kappa shape index (κ1) is 14.6. The summed E-state index contributed by atoms with van der Waals surface area (Å²) in [6.07, 6.45) is 0.704. The lowest BCUT2D eigenvalue weighted by Crippen LogP contribution is -2.16. The molecule has 2 N–H and O–H groups in total. The van der Waals surface area contributed by atoms with Crippen LogP contribution in [0.1, 0.15) is 18.4 Å². The number of hydrogen-bond acceptors (Lipinski definition) is 2. The fraction of sp³-hybridized carbons (Fsp3) is 0.364. The highest BCUT2D eigenvalue weighted by Crippen LogP contribution is 2.31. The van der Waals surface area contributed by atoms with Crippen LogP contribution in [0, 0.1) is 0 Å². The molecule has 0 bridgehead atoms. The number of nitrogens with one attached hydrogen (secondary N) is 1. The topological polar surface area (TPSA) is 49.3 Å². The molecular formula is C11H12Cl3NO2. The fourth-order valence-corrected chi connectivity index (χ4v) is 1.99. The molecule has 0 atom stereocenters. The van der Waals surface area contributed by atoms with Crippen LogP contribution in [0.5, 0.6) is 0 Å². The Bertz CT molecular complexity index is 410. The molecule has 0 amide bonds. The van der Waals surface area contributed by atoms with Gasteiger partial charge in [0.2, 0.25) is 0 Å². The van der Waals surface area contributed by atoms with Gasteiger partial charge in [0.1, 0.15) is 0 Å². The minimum absolute atomic E-state index is 0.143. The van der Waals surface area contributed by atoms with Crippen LogP contribution in [0.15, 0.2) is 12.1 Å². The van der Waals surface area contributed by atoms with Crippen molar-refractivity contribution in [3.05, 3.63) is 32.8 Å². The number of aliphatic carboxylic acids is 1. The quantitative estimate of drug-likeness (QED) is 0.623. The predicted molar refractivity (Wildman–Crippen MR) is 70.0 cm³/mol. The number of carbonyl (C=O) groups is 1. The standard InChI is InChI=1S/C11H12Cl3NO2/c12-8-3-4-9(13)11(14)7(8)6-15-5-1-2-10(16)17/h3-4,15H,1-2,5-6H2,(H,16,17). The lowest BCUT2D eigenvalue weighted by Gasteiger charge is -2.09. The summed E-state index contributed by atoms with van der Waals surface area (Å²) in [4.78, 5) is 10.3. The lowest BCUT2D eigenvalue weighted by atomic mass is 10.2. The summed E-state index contributed by atoms with van der Waals surface area (Å²) in [5.41, 5.74) is 0.733. The fourth-order valence-electron chi connectivity index (χ4n) is 1.31. The number of hydrogen-bond donors (Lipinski definition) is 2. The molecule has 0 heterocycles.